The summed E-state index contributed by atoms with van der Waals surface area (Å²) in [5, 5.41) is 1.35. The maximum absolute atomic E-state index is 13.3. The summed E-state index contributed by atoms with van der Waals surface area (Å²) in [7, 11) is 2.12. The summed E-state index contributed by atoms with van der Waals surface area (Å²) in [6.07, 6.45) is 6.97. The molecule has 6 rings (SSSR count). The fourth-order valence-electron chi connectivity index (χ4n) is 5.71. The first-order chi connectivity index (χ1) is 15.2. The van der Waals surface area contributed by atoms with E-state index in [0.717, 1.165) is 37.3 Å². The molecule has 156 valence electrons. The van der Waals surface area contributed by atoms with Crippen molar-refractivity contribution in [2.75, 3.05) is 13.1 Å². The number of likely N-dealkylation sites (tertiary alicyclic amines) is 1. The first-order valence-electron chi connectivity index (χ1n) is 11.1. The van der Waals surface area contributed by atoms with E-state index in [1.54, 1.807) is 12.4 Å². The van der Waals surface area contributed by atoms with Crippen LogP contribution in [0.2, 0.25) is 0 Å². The largest absolute Gasteiger partial charge is 0.350 e. The quantitative estimate of drug-likeness (QED) is 0.512. The summed E-state index contributed by atoms with van der Waals surface area (Å²) in [4.78, 5) is 20.1. The molecule has 5 heteroatoms. The van der Waals surface area contributed by atoms with Crippen molar-refractivity contribution < 1.29 is 0 Å². The van der Waals surface area contributed by atoms with E-state index in [4.69, 9.17) is 0 Å². The van der Waals surface area contributed by atoms with Gasteiger partial charge >= 0.3 is 0 Å². The Morgan fingerprint density at radius 3 is 2.81 bits per heavy atom. The molecule has 2 bridgehead atoms. The minimum atomic E-state index is 0.128. The van der Waals surface area contributed by atoms with Crippen LogP contribution < -0.4 is 5.56 Å². The molecular formula is C26H26N4O. The summed E-state index contributed by atoms with van der Waals surface area (Å²) in [6, 6.07) is 16.7. The SMILES string of the molecule is Cn1cc(CN2CC3CC(C2)c2ccc(-c4cccnc4)c(=O)n2C3)c2ccccc21. The van der Waals surface area contributed by atoms with Crippen LogP contribution in [-0.4, -0.2) is 32.1 Å². The molecule has 31 heavy (non-hydrogen) atoms. The summed E-state index contributed by atoms with van der Waals surface area (Å²) in [5.41, 5.74) is 5.65. The Morgan fingerprint density at radius 2 is 1.94 bits per heavy atom. The minimum Gasteiger partial charge on any atom is -0.350 e. The van der Waals surface area contributed by atoms with Gasteiger partial charge in [-0.25, -0.2) is 0 Å². The number of rotatable bonds is 3. The van der Waals surface area contributed by atoms with E-state index < -0.39 is 0 Å². The van der Waals surface area contributed by atoms with Crippen molar-refractivity contribution in [2.24, 2.45) is 13.0 Å². The van der Waals surface area contributed by atoms with Crippen LogP contribution in [0.15, 0.2) is 71.9 Å². The molecular weight excluding hydrogens is 384 g/mol. The zero-order chi connectivity index (χ0) is 20.9. The highest BCUT2D eigenvalue weighted by atomic mass is 16.1. The van der Waals surface area contributed by atoms with Gasteiger partial charge in [-0.2, -0.15) is 0 Å². The lowest BCUT2D eigenvalue weighted by molar-refractivity contribution is 0.115. The number of aryl methyl sites for hydroxylation is 1. The van der Waals surface area contributed by atoms with E-state index in [2.05, 4.69) is 58.0 Å². The predicted octanol–water partition coefficient (Wildman–Crippen LogP) is 4.02. The highest BCUT2D eigenvalue weighted by molar-refractivity contribution is 5.83. The summed E-state index contributed by atoms with van der Waals surface area (Å²) >= 11 is 0. The van der Waals surface area contributed by atoms with Crippen molar-refractivity contribution in [3.05, 3.63) is 88.7 Å². The normalized spacial score (nSPS) is 20.7. The summed E-state index contributed by atoms with van der Waals surface area (Å²) in [5.74, 6) is 0.932. The van der Waals surface area contributed by atoms with Gasteiger partial charge in [0, 0.05) is 85.5 Å². The van der Waals surface area contributed by atoms with E-state index in [-0.39, 0.29) is 5.56 Å². The first-order valence-corrected chi connectivity index (χ1v) is 11.1. The van der Waals surface area contributed by atoms with Gasteiger partial charge in [0.1, 0.15) is 0 Å². The fraction of sp³-hybridized carbons (Fsp3) is 0.308. The molecule has 3 aromatic heterocycles. The van der Waals surface area contributed by atoms with Crippen LogP contribution in [0, 0.1) is 5.92 Å². The first kappa shape index (κ1) is 18.6. The number of hydrogen-bond acceptors (Lipinski definition) is 3. The number of nitrogens with zero attached hydrogens (tertiary/aromatic N) is 4. The number of benzene rings is 1. The molecule has 4 aromatic rings. The average Bonchev–Trinajstić information content (AvgIpc) is 3.10. The van der Waals surface area contributed by atoms with E-state index >= 15 is 0 Å². The van der Waals surface area contributed by atoms with Gasteiger partial charge in [-0.3, -0.25) is 14.7 Å². The number of para-hydroxylation sites is 1. The predicted molar refractivity (Wildman–Crippen MR) is 123 cm³/mol. The molecule has 1 fully saturated rings. The Morgan fingerprint density at radius 1 is 1.03 bits per heavy atom. The second-order valence-corrected chi connectivity index (χ2v) is 9.10. The van der Waals surface area contributed by atoms with Crippen LogP contribution in [0.1, 0.15) is 23.6 Å². The number of aromatic nitrogens is 3. The molecule has 1 aromatic carbocycles. The summed E-state index contributed by atoms with van der Waals surface area (Å²) < 4.78 is 4.26. The zero-order valence-corrected chi connectivity index (χ0v) is 17.7. The molecule has 1 saturated heterocycles. The van der Waals surface area contributed by atoms with Gasteiger partial charge < -0.3 is 9.13 Å². The molecule has 2 atom stereocenters. The number of piperidine rings is 1. The van der Waals surface area contributed by atoms with Crippen LogP contribution in [0.4, 0.5) is 0 Å². The molecule has 0 saturated carbocycles. The molecule has 0 spiro atoms. The highest BCUT2D eigenvalue weighted by Gasteiger charge is 2.35. The van der Waals surface area contributed by atoms with E-state index in [1.807, 2.05) is 22.8 Å². The Bertz CT molecular complexity index is 1320. The van der Waals surface area contributed by atoms with E-state index in [0.29, 0.717) is 11.8 Å². The molecule has 2 aliphatic heterocycles. The lowest BCUT2D eigenvalue weighted by Crippen LogP contribution is -2.46. The second kappa shape index (κ2) is 7.20. The number of hydrogen-bond donors (Lipinski definition) is 0. The average molecular weight is 411 g/mol. The van der Waals surface area contributed by atoms with Crippen molar-refractivity contribution in [2.45, 2.75) is 25.4 Å². The maximum atomic E-state index is 13.3. The van der Waals surface area contributed by atoms with Crippen molar-refractivity contribution in [3.8, 4) is 11.1 Å². The standard InChI is InChI=1S/C26H26N4O/c1-28-15-21(22-6-2-3-7-25(22)28)17-29-13-18-11-20(16-29)24-9-8-23(26(31)30(24)14-18)19-5-4-10-27-12-19/h2-10,12,15,18,20H,11,13-14,16-17H2,1H3. The van der Waals surface area contributed by atoms with Crippen molar-refractivity contribution >= 4 is 10.9 Å². The third kappa shape index (κ3) is 3.12. The molecule has 0 radical (unpaired) electrons. The molecule has 2 unspecified atom stereocenters. The lowest BCUT2D eigenvalue weighted by atomic mass is 9.82. The Balaban J connectivity index is 1.30. The molecule has 0 amide bonds. The fourth-order valence-corrected chi connectivity index (χ4v) is 5.71. The van der Waals surface area contributed by atoms with Crippen molar-refractivity contribution in [3.63, 3.8) is 0 Å². The molecule has 2 aliphatic rings. The minimum absolute atomic E-state index is 0.128. The Labute approximate surface area is 181 Å². The van der Waals surface area contributed by atoms with E-state index in [9.17, 15) is 4.79 Å². The van der Waals surface area contributed by atoms with Gasteiger partial charge in [0.15, 0.2) is 0 Å². The molecule has 0 N–H and O–H groups in total. The van der Waals surface area contributed by atoms with Gasteiger partial charge in [0.05, 0.1) is 0 Å². The van der Waals surface area contributed by atoms with Crippen molar-refractivity contribution in [1.29, 1.82) is 0 Å². The smallest absolute Gasteiger partial charge is 0.258 e. The van der Waals surface area contributed by atoms with Gasteiger partial charge in [0.2, 0.25) is 0 Å². The summed E-state index contributed by atoms with van der Waals surface area (Å²) in [6.45, 7) is 3.82. The van der Waals surface area contributed by atoms with Gasteiger partial charge in [0.25, 0.3) is 5.56 Å². The van der Waals surface area contributed by atoms with Crippen LogP contribution in [0.3, 0.4) is 0 Å². The second-order valence-electron chi connectivity index (χ2n) is 9.10. The lowest BCUT2D eigenvalue weighted by Gasteiger charge is -2.43. The molecule has 5 heterocycles. The highest BCUT2D eigenvalue weighted by Crippen LogP contribution is 2.36. The zero-order valence-electron chi connectivity index (χ0n) is 17.7. The number of fused-ring (bicyclic) bond motifs is 5. The third-order valence-corrected chi connectivity index (χ3v) is 7.03. The van der Waals surface area contributed by atoms with Crippen molar-refractivity contribution in [1.82, 2.24) is 19.0 Å². The van der Waals surface area contributed by atoms with Gasteiger partial charge in [-0.05, 0) is 42.2 Å². The molecule has 0 aliphatic carbocycles. The maximum Gasteiger partial charge on any atom is 0.258 e. The van der Waals surface area contributed by atoms with Crippen LogP contribution in [0.5, 0.6) is 0 Å². The Hall–Kier alpha value is -3.18. The molecule has 5 nitrogen and oxygen atoms in total. The van der Waals surface area contributed by atoms with Crippen LogP contribution in [-0.2, 0) is 20.1 Å². The van der Waals surface area contributed by atoms with Crippen LogP contribution >= 0.6 is 0 Å². The number of pyridine rings is 2. The van der Waals surface area contributed by atoms with Crippen LogP contribution in [0.25, 0.3) is 22.0 Å². The Kier molecular flexibility index (Phi) is 4.32. The monoisotopic (exact) mass is 410 g/mol. The van der Waals surface area contributed by atoms with Gasteiger partial charge in [-0.15, -0.1) is 0 Å². The van der Waals surface area contributed by atoms with Gasteiger partial charge in [-0.1, -0.05) is 24.3 Å². The third-order valence-electron chi connectivity index (χ3n) is 7.03. The van der Waals surface area contributed by atoms with E-state index in [1.165, 1.54) is 28.6 Å². The topological polar surface area (TPSA) is 43.1 Å².